The number of ether oxygens (including phenoxy) is 3. The van der Waals surface area contributed by atoms with E-state index in [4.69, 9.17) is 9.47 Å². The van der Waals surface area contributed by atoms with Crippen molar-refractivity contribution in [2.45, 2.75) is 116 Å². The predicted molar refractivity (Wildman–Crippen MR) is 145 cm³/mol. The third-order valence-corrected chi connectivity index (χ3v) is 8.28. The molecule has 0 heterocycles. The van der Waals surface area contributed by atoms with Gasteiger partial charge in [-0.2, -0.15) is 0 Å². The van der Waals surface area contributed by atoms with E-state index in [1.165, 1.54) is 71.3 Å². The van der Waals surface area contributed by atoms with Gasteiger partial charge in [0.15, 0.2) is 0 Å². The van der Waals surface area contributed by atoms with Crippen molar-refractivity contribution in [3.8, 4) is 0 Å². The summed E-state index contributed by atoms with van der Waals surface area (Å²) >= 11 is 0. The molecule has 2 aliphatic rings. The SMILES string of the molecule is CCCCCC1CC1CC1CC1CCCCCCCCOCC(COCCCC(=O)OC)N(C)C. The molecule has 0 N–H and O–H groups in total. The van der Waals surface area contributed by atoms with E-state index in [0.29, 0.717) is 32.7 Å². The number of hydrogen-bond acceptors (Lipinski definition) is 5. The molecule has 206 valence electrons. The maximum absolute atomic E-state index is 11.1. The molecular weight excluding hydrogens is 438 g/mol. The highest BCUT2D eigenvalue weighted by Crippen LogP contribution is 2.54. The molecule has 2 aliphatic carbocycles. The number of hydrogen-bond donors (Lipinski definition) is 0. The number of carbonyl (C=O) groups excluding carboxylic acids is 1. The highest BCUT2D eigenvalue weighted by molar-refractivity contribution is 5.68. The molecule has 5 atom stereocenters. The fourth-order valence-electron chi connectivity index (χ4n) is 5.47. The monoisotopic (exact) mass is 495 g/mol. The normalized spacial score (nSPS) is 24.0. The number of esters is 1. The van der Waals surface area contributed by atoms with Crippen molar-refractivity contribution in [1.29, 1.82) is 0 Å². The number of nitrogens with zero attached hydrogens (tertiary/aromatic N) is 1. The summed E-state index contributed by atoms with van der Waals surface area (Å²) < 4.78 is 16.3. The fraction of sp³-hybridized carbons (Fsp3) is 0.967. The van der Waals surface area contributed by atoms with Crippen LogP contribution in [0.4, 0.5) is 0 Å². The van der Waals surface area contributed by atoms with Crippen LogP contribution < -0.4 is 0 Å². The van der Waals surface area contributed by atoms with E-state index in [2.05, 4.69) is 30.7 Å². The molecule has 5 heteroatoms. The van der Waals surface area contributed by atoms with Crippen LogP contribution in [0.2, 0.25) is 0 Å². The molecule has 2 rings (SSSR count). The lowest BCUT2D eigenvalue weighted by Crippen LogP contribution is -2.37. The van der Waals surface area contributed by atoms with Gasteiger partial charge in [-0.3, -0.25) is 4.79 Å². The average molecular weight is 496 g/mol. The number of likely N-dealkylation sites (N-methyl/N-ethyl adjacent to an activating group) is 1. The molecular formula is C30H57NO4. The van der Waals surface area contributed by atoms with Crippen LogP contribution in [0.1, 0.15) is 110 Å². The molecule has 2 saturated carbocycles. The zero-order valence-electron chi connectivity index (χ0n) is 23.6. The van der Waals surface area contributed by atoms with E-state index in [0.717, 1.165) is 36.7 Å². The molecule has 35 heavy (non-hydrogen) atoms. The Bertz CT molecular complexity index is 540. The Morgan fingerprint density at radius 1 is 0.771 bits per heavy atom. The highest BCUT2D eigenvalue weighted by atomic mass is 16.5. The second kappa shape index (κ2) is 18.6. The number of unbranched alkanes of at least 4 members (excludes halogenated alkanes) is 7. The topological polar surface area (TPSA) is 48.0 Å². The first-order chi connectivity index (χ1) is 17.0. The van der Waals surface area contributed by atoms with Crippen molar-refractivity contribution in [3.05, 3.63) is 0 Å². The van der Waals surface area contributed by atoms with Gasteiger partial charge in [-0.05, 0) is 69.9 Å². The number of methoxy groups -OCH3 is 1. The number of carbonyl (C=O) groups is 1. The van der Waals surface area contributed by atoms with Crippen LogP contribution in [0.15, 0.2) is 0 Å². The molecule has 2 fully saturated rings. The molecule has 0 saturated heterocycles. The minimum atomic E-state index is -0.174. The van der Waals surface area contributed by atoms with Crippen molar-refractivity contribution in [2.24, 2.45) is 23.7 Å². The van der Waals surface area contributed by atoms with Crippen LogP contribution >= 0.6 is 0 Å². The van der Waals surface area contributed by atoms with E-state index in [1.807, 2.05) is 0 Å². The van der Waals surface area contributed by atoms with Gasteiger partial charge in [0.25, 0.3) is 0 Å². The molecule has 0 spiro atoms. The van der Waals surface area contributed by atoms with Gasteiger partial charge in [-0.1, -0.05) is 71.1 Å². The van der Waals surface area contributed by atoms with Gasteiger partial charge in [-0.15, -0.1) is 0 Å². The van der Waals surface area contributed by atoms with Gasteiger partial charge in [0, 0.05) is 19.6 Å². The first-order valence-corrected chi connectivity index (χ1v) is 14.9. The summed E-state index contributed by atoms with van der Waals surface area (Å²) in [5.74, 6) is 4.24. The lowest BCUT2D eigenvalue weighted by molar-refractivity contribution is -0.141. The van der Waals surface area contributed by atoms with Gasteiger partial charge < -0.3 is 19.1 Å². The van der Waals surface area contributed by atoms with Crippen LogP contribution in [0, 0.1) is 23.7 Å². The second-order valence-corrected chi connectivity index (χ2v) is 11.6. The summed E-state index contributed by atoms with van der Waals surface area (Å²) in [5.41, 5.74) is 0. The lowest BCUT2D eigenvalue weighted by atomic mass is 10.0. The Hall–Kier alpha value is -0.650. The van der Waals surface area contributed by atoms with E-state index in [1.54, 1.807) is 19.3 Å². The molecule has 0 bridgehead atoms. The summed E-state index contributed by atoms with van der Waals surface area (Å²) in [6.07, 6.45) is 21.1. The lowest BCUT2D eigenvalue weighted by Gasteiger charge is -2.24. The Morgan fingerprint density at radius 3 is 1.89 bits per heavy atom. The summed E-state index contributed by atoms with van der Waals surface area (Å²) in [5, 5.41) is 0. The highest BCUT2D eigenvalue weighted by Gasteiger charge is 2.44. The summed E-state index contributed by atoms with van der Waals surface area (Å²) in [7, 11) is 5.55. The third kappa shape index (κ3) is 14.6. The Morgan fingerprint density at radius 2 is 1.31 bits per heavy atom. The van der Waals surface area contributed by atoms with E-state index >= 15 is 0 Å². The molecule has 0 radical (unpaired) electrons. The quantitative estimate of drug-likeness (QED) is 0.108. The molecule has 0 aromatic heterocycles. The molecule has 0 aliphatic heterocycles. The molecule has 0 amide bonds. The molecule has 0 aromatic carbocycles. The Balaban J connectivity index is 1.32. The van der Waals surface area contributed by atoms with Gasteiger partial charge in [0.1, 0.15) is 0 Å². The zero-order chi connectivity index (χ0) is 25.3. The summed E-state index contributed by atoms with van der Waals surface area (Å²) in [6, 6.07) is 0.256. The van der Waals surface area contributed by atoms with E-state index in [9.17, 15) is 4.79 Å². The van der Waals surface area contributed by atoms with Crippen molar-refractivity contribution in [1.82, 2.24) is 4.90 Å². The Labute approximate surface area is 217 Å². The number of rotatable bonds is 24. The van der Waals surface area contributed by atoms with Gasteiger partial charge in [0.05, 0.1) is 26.4 Å². The van der Waals surface area contributed by atoms with Crippen molar-refractivity contribution in [2.75, 3.05) is 47.6 Å². The van der Waals surface area contributed by atoms with Gasteiger partial charge in [0.2, 0.25) is 0 Å². The summed E-state index contributed by atoms with van der Waals surface area (Å²) in [6.45, 7) is 5.08. The third-order valence-electron chi connectivity index (χ3n) is 8.28. The zero-order valence-corrected chi connectivity index (χ0v) is 23.6. The maximum Gasteiger partial charge on any atom is 0.305 e. The van der Waals surface area contributed by atoms with Crippen molar-refractivity contribution >= 4 is 5.97 Å². The smallest absolute Gasteiger partial charge is 0.305 e. The van der Waals surface area contributed by atoms with Gasteiger partial charge >= 0.3 is 5.97 Å². The second-order valence-electron chi connectivity index (χ2n) is 11.6. The van der Waals surface area contributed by atoms with Crippen LogP contribution in [0.25, 0.3) is 0 Å². The Kier molecular flexibility index (Phi) is 16.2. The van der Waals surface area contributed by atoms with Crippen LogP contribution in [0.5, 0.6) is 0 Å². The van der Waals surface area contributed by atoms with E-state index in [-0.39, 0.29) is 12.0 Å². The van der Waals surface area contributed by atoms with Crippen LogP contribution in [-0.2, 0) is 19.0 Å². The molecule has 0 aromatic rings. The predicted octanol–water partition coefficient (Wildman–Crippen LogP) is 6.88. The van der Waals surface area contributed by atoms with Crippen molar-refractivity contribution in [3.63, 3.8) is 0 Å². The van der Waals surface area contributed by atoms with Crippen molar-refractivity contribution < 1.29 is 19.0 Å². The fourth-order valence-corrected chi connectivity index (χ4v) is 5.47. The summed E-state index contributed by atoms with van der Waals surface area (Å²) in [4.78, 5) is 13.3. The first-order valence-electron chi connectivity index (χ1n) is 14.9. The minimum Gasteiger partial charge on any atom is -0.469 e. The molecule has 5 nitrogen and oxygen atoms in total. The first kappa shape index (κ1) is 30.6. The van der Waals surface area contributed by atoms with Gasteiger partial charge in [-0.25, -0.2) is 0 Å². The van der Waals surface area contributed by atoms with Crippen LogP contribution in [0.3, 0.4) is 0 Å². The minimum absolute atomic E-state index is 0.174. The largest absolute Gasteiger partial charge is 0.469 e. The molecule has 5 unspecified atom stereocenters. The van der Waals surface area contributed by atoms with E-state index < -0.39 is 0 Å². The standard InChI is InChI=1S/C30H57NO4/c1-5-6-11-15-25-20-27(25)22-28-21-26(28)16-12-9-7-8-10-13-18-34-23-29(31(2)3)24-35-19-14-17-30(32)33-4/h25-29H,5-24H2,1-4H3. The van der Waals surface area contributed by atoms with Crippen LogP contribution in [-0.4, -0.2) is 64.5 Å². The average Bonchev–Trinajstić information content (AvgIpc) is 3.77. The maximum atomic E-state index is 11.1.